The molecule has 1 saturated heterocycles. The van der Waals surface area contributed by atoms with Crippen LogP contribution in [0.5, 0.6) is 0 Å². The van der Waals surface area contributed by atoms with E-state index in [0.29, 0.717) is 19.8 Å². The summed E-state index contributed by atoms with van der Waals surface area (Å²) in [5, 5.41) is 8.06. The number of ether oxygens (including phenoxy) is 1. The fourth-order valence-corrected chi connectivity index (χ4v) is 4.19. The Bertz CT molecular complexity index is 818. The van der Waals surface area contributed by atoms with Crippen LogP contribution in [0.4, 0.5) is 4.79 Å². The fourth-order valence-electron chi connectivity index (χ4n) is 4.19. The molecular weight excluding hydrogens is 354 g/mol. The van der Waals surface area contributed by atoms with Crippen molar-refractivity contribution in [2.45, 2.75) is 64.8 Å². The fraction of sp³-hybridized carbons (Fsp3) is 0.571. The lowest BCUT2D eigenvalue weighted by Gasteiger charge is -2.36. The Labute approximate surface area is 166 Å². The summed E-state index contributed by atoms with van der Waals surface area (Å²) < 4.78 is 7.86. The predicted octanol–water partition coefficient (Wildman–Crippen LogP) is 3.04. The average molecular weight is 383 g/mol. The van der Waals surface area contributed by atoms with Gasteiger partial charge < -0.3 is 15.0 Å². The highest BCUT2D eigenvalue weighted by atomic mass is 16.5. The first-order chi connectivity index (χ1) is 13.6. The Morgan fingerprint density at radius 2 is 2.29 bits per heavy atom. The highest BCUT2D eigenvalue weighted by Gasteiger charge is 2.34. The van der Waals surface area contributed by atoms with Gasteiger partial charge in [0.05, 0.1) is 31.5 Å². The normalized spacial score (nSPS) is 19.5. The van der Waals surface area contributed by atoms with Crippen molar-refractivity contribution in [2.75, 3.05) is 13.2 Å². The smallest absolute Gasteiger partial charge is 0.318 e. The lowest BCUT2D eigenvalue weighted by molar-refractivity contribution is 0.105. The summed E-state index contributed by atoms with van der Waals surface area (Å²) in [6.45, 7) is 6.75. The maximum atomic E-state index is 12.8. The molecule has 0 bridgehead atoms. The Morgan fingerprint density at radius 3 is 3.07 bits per heavy atom. The molecule has 2 amide bonds. The second-order valence-corrected chi connectivity index (χ2v) is 7.94. The number of hydrogen-bond acceptors (Lipinski definition) is 4. The zero-order valence-corrected chi connectivity index (χ0v) is 16.7. The van der Waals surface area contributed by atoms with Crippen molar-refractivity contribution < 1.29 is 9.53 Å². The van der Waals surface area contributed by atoms with Crippen molar-refractivity contribution in [2.24, 2.45) is 0 Å². The molecule has 1 N–H and O–H groups in total. The molecule has 4 rings (SSSR count). The number of likely N-dealkylation sites (tertiary alicyclic amines) is 1. The zero-order chi connectivity index (χ0) is 19.5. The summed E-state index contributed by atoms with van der Waals surface area (Å²) in [6, 6.07) is 4.16. The van der Waals surface area contributed by atoms with Crippen LogP contribution in [0.25, 0.3) is 0 Å². The van der Waals surface area contributed by atoms with Gasteiger partial charge in [-0.3, -0.25) is 9.67 Å². The molecule has 2 aliphatic heterocycles. The van der Waals surface area contributed by atoms with Gasteiger partial charge in [-0.05, 0) is 44.7 Å². The summed E-state index contributed by atoms with van der Waals surface area (Å²) in [5.41, 5.74) is 4.55. The number of fused-ring (bicyclic) bond motifs is 1. The third-order valence-corrected chi connectivity index (χ3v) is 5.47. The molecule has 1 atom stereocenters. The number of pyridine rings is 1. The van der Waals surface area contributed by atoms with Gasteiger partial charge in [0.15, 0.2) is 0 Å². The van der Waals surface area contributed by atoms with Crippen molar-refractivity contribution in [3.63, 3.8) is 0 Å². The largest absolute Gasteiger partial charge is 0.376 e. The first kappa shape index (κ1) is 18.9. The molecule has 0 saturated carbocycles. The molecule has 1 unspecified atom stereocenters. The number of nitrogens with one attached hydrogen (secondary N) is 1. The predicted molar refractivity (Wildman–Crippen MR) is 106 cm³/mol. The van der Waals surface area contributed by atoms with E-state index in [1.165, 1.54) is 11.3 Å². The molecule has 0 spiro atoms. The van der Waals surface area contributed by atoms with Crippen LogP contribution in [0.1, 0.15) is 61.7 Å². The van der Waals surface area contributed by atoms with Crippen LogP contribution in [0.2, 0.25) is 0 Å². The maximum Gasteiger partial charge on any atom is 0.318 e. The molecule has 150 valence electrons. The summed E-state index contributed by atoms with van der Waals surface area (Å²) in [5.74, 6) is 0. The average Bonchev–Trinajstić information content (AvgIpc) is 3.07. The number of nitrogens with zero attached hydrogens (tertiary/aromatic N) is 4. The lowest BCUT2D eigenvalue weighted by Crippen LogP contribution is -2.47. The monoisotopic (exact) mass is 383 g/mol. The molecule has 28 heavy (non-hydrogen) atoms. The van der Waals surface area contributed by atoms with E-state index in [2.05, 4.69) is 21.0 Å². The van der Waals surface area contributed by atoms with E-state index >= 15 is 0 Å². The van der Waals surface area contributed by atoms with Crippen molar-refractivity contribution in [3.8, 4) is 0 Å². The van der Waals surface area contributed by atoms with Crippen LogP contribution < -0.4 is 5.32 Å². The number of carbonyl (C=O) groups excluding carboxylic acids is 1. The lowest BCUT2D eigenvalue weighted by atomic mass is 9.95. The Kier molecular flexibility index (Phi) is 5.62. The van der Waals surface area contributed by atoms with Gasteiger partial charge in [0.2, 0.25) is 0 Å². The maximum absolute atomic E-state index is 12.8. The van der Waals surface area contributed by atoms with Crippen LogP contribution in [0, 0.1) is 0 Å². The minimum atomic E-state index is 0.00647. The number of aromatic nitrogens is 3. The molecule has 4 heterocycles. The molecule has 0 aliphatic carbocycles. The summed E-state index contributed by atoms with van der Waals surface area (Å²) in [7, 11) is 0. The van der Waals surface area contributed by atoms with E-state index in [-0.39, 0.29) is 18.1 Å². The van der Waals surface area contributed by atoms with Crippen LogP contribution in [0.15, 0.2) is 24.5 Å². The van der Waals surface area contributed by atoms with E-state index in [4.69, 9.17) is 9.84 Å². The van der Waals surface area contributed by atoms with E-state index in [0.717, 1.165) is 43.5 Å². The van der Waals surface area contributed by atoms with Crippen LogP contribution in [0.3, 0.4) is 0 Å². The number of hydrogen-bond donors (Lipinski definition) is 1. The van der Waals surface area contributed by atoms with Crippen LogP contribution in [-0.2, 0) is 24.3 Å². The zero-order valence-electron chi connectivity index (χ0n) is 16.7. The number of carbonyl (C=O) groups is 1. The Morgan fingerprint density at radius 1 is 1.39 bits per heavy atom. The second kappa shape index (κ2) is 8.31. The van der Waals surface area contributed by atoms with Gasteiger partial charge in [0.1, 0.15) is 0 Å². The van der Waals surface area contributed by atoms with Gasteiger partial charge >= 0.3 is 6.03 Å². The molecule has 7 heteroatoms. The summed E-state index contributed by atoms with van der Waals surface area (Å²) in [4.78, 5) is 19.0. The molecule has 0 aromatic carbocycles. The van der Waals surface area contributed by atoms with Gasteiger partial charge in [-0.25, -0.2) is 4.79 Å². The minimum absolute atomic E-state index is 0.00647. The van der Waals surface area contributed by atoms with E-state index in [1.807, 2.05) is 31.0 Å². The van der Waals surface area contributed by atoms with Crippen LogP contribution in [-0.4, -0.2) is 44.9 Å². The van der Waals surface area contributed by atoms with Crippen LogP contribution >= 0.6 is 0 Å². The third-order valence-electron chi connectivity index (χ3n) is 5.47. The third kappa shape index (κ3) is 3.90. The number of amides is 2. The van der Waals surface area contributed by atoms with Gasteiger partial charge in [-0.1, -0.05) is 6.07 Å². The number of piperidine rings is 1. The minimum Gasteiger partial charge on any atom is -0.376 e. The summed E-state index contributed by atoms with van der Waals surface area (Å²) in [6.07, 6.45) is 7.62. The Balaban J connectivity index is 1.67. The van der Waals surface area contributed by atoms with E-state index in [1.54, 1.807) is 6.20 Å². The highest BCUT2D eigenvalue weighted by molar-refractivity contribution is 5.75. The highest BCUT2D eigenvalue weighted by Crippen LogP contribution is 2.35. The first-order valence-electron chi connectivity index (χ1n) is 10.3. The van der Waals surface area contributed by atoms with Gasteiger partial charge in [-0.2, -0.15) is 5.10 Å². The number of rotatable bonds is 4. The molecule has 2 aromatic heterocycles. The van der Waals surface area contributed by atoms with Crippen molar-refractivity contribution in [3.05, 3.63) is 47.0 Å². The quantitative estimate of drug-likeness (QED) is 0.881. The summed E-state index contributed by atoms with van der Waals surface area (Å²) >= 11 is 0. The molecular formula is C21H29N5O2. The number of urea groups is 1. The van der Waals surface area contributed by atoms with Crippen molar-refractivity contribution >= 4 is 6.03 Å². The van der Waals surface area contributed by atoms with E-state index < -0.39 is 0 Å². The molecule has 2 aromatic rings. The molecule has 7 nitrogen and oxygen atoms in total. The molecule has 0 radical (unpaired) electrons. The molecule has 1 fully saturated rings. The van der Waals surface area contributed by atoms with E-state index in [9.17, 15) is 4.79 Å². The van der Waals surface area contributed by atoms with Gasteiger partial charge in [0, 0.05) is 42.7 Å². The Hall–Kier alpha value is -2.41. The second-order valence-electron chi connectivity index (χ2n) is 7.94. The standard InChI is InChI=1S/C21H29N5O2/c1-15(2)23-21(27)25-10-4-3-7-19(25)20-17-14-28-11-8-18(17)26(24-20)13-16-6-5-9-22-12-16/h5-6,9,12,15,19H,3-4,7-8,10-11,13-14H2,1-2H3,(H,23,27). The van der Waals surface area contributed by atoms with Crippen molar-refractivity contribution in [1.29, 1.82) is 0 Å². The first-order valence-corrected chi connectivity index (χ1v) is 10.3. The SMILES string of the molecule is CC(C)NC(=O)N1CCCCC1c1nn(Cc2cccnc2)c2c1COCC2. The molecule has 2 aliphatic rings. The van der Waals surface area contributed by atoms with Crippen molar-refractivity contribution in [1.82, 2.24) is 25.0 Å². The van der Waals surface area contributed by atoms with Gasteiger partial charge in [0.25, 0.3) is 0 Å². The van der Waals surface area contributed by atoms with Gasteiger partial charge in [-0.15, -0.1) is 0 Å². The topological polar surface area (TPSA) is 72.3 Å².